The van der Waals surface area contributed by atoms with E-state index in [1.54, 1.807) is 12.2 Å². The number of nitrogens with zero attached hydrogens (tertiary/aromatic N) is 1. The van der Waals surface area contributed by atoms with Crippen molar-refractivity contribution in [3.8, 4) is 0 Å². The van der Waals surface area contributed by atoms with Crippen molar-refractivity contribution < 1.29 is 19.5 Å². The Labute approximate surface area is 129 Å². The number of likely N-dealkylation sites (N-methyl/N-ethyl adjacent to an activating group) is 1. The molecule has 0 aliphatic carbocycles. The Morgan fingerprint density at radius 1 is 1.19 bits per heavy atom. The van der Waals surface area contributed by atoms with Crippen molar-refractivity contribution in [1.29, 1.82) is 0 Å². The largest absolute Gasteiger partial charge is 0.550 e. The van der Waals surface area contributed by atoms with Crippen molar-refractivity contribution in [2.24, 2.45) is 0 Å². The Morgan fingerprint density at radius 3 is 2.38 bits per heavy atom. The van der Waals surface area contributed by atoms with E-state index in [1.807, 2.05) is 27.2 Å². The number of unbranched alkanes of at least 4 members (excludes halogenated alkanes) is 4. The molecule has 0 amide bonds. The molecule has 0 rings (SSSR count). The summed E-state index contributed by atoms with van der Waals surface area (Å²) in [5.74, 6) is -1.24. The van der Waals surface area contributed by atoms with Crippen LogP contribution in [0.3, 0.4) is 0 Å². The molecule has 0 bridgehead atoms. The Kier molecular flexibility index (Phi) is 9.22. The second-order valence-corrected chi connectivity index (χ2v) is 6.74. The van der Waals surface area contributed by atoms with Gasteiger partial charge in [0.1, 0.15) is 12.1 Å². The number of allylic oxidation sites excluding steroid dienone is 3. The summed E-state index contributed by atoms with van der Waals surface area (Å²) < 4.78 is 0.481. The molecule has 4 nitrogen and oxygen atoms in total. The summed E-state index contributed by atoms with van der Waals surface area (Å²) in [5, 5.41) is 21.2. The van der Waals surface area contributed by atoms with E-state index in [9.17, 15) is 15.0 Å². The van der Waals surface area contributed by atoms with Gasteiger partial charge in [-0.3, -0.25) is 0 Å². The van der Waals surface area contributed by atoms with E-state index in [2.05, 4.69) is 13.0 Å². The number of carbonyl (C=O) groups is 1. The third-order valence-electron chi connectivity index (χ3n) is 3.08. The van der Waals surface area contributed by atoms with Crippen molar-refractivity contribution in [2.45, 2.75) is 51.0 Å². The highest BCUT2D eigenvalue weighted by molar-refractivity contribution is 5.66. The Hall–Kier alpha value is -1.13. The van der Waals surface area contributed by atoms with Gasteiger partial charge in [0.05, 0.1) is 21.1 Å². The van der Waals surface area contributed by atoms with Crippen LogP contribution >= 0.6 is 0 Å². The molecular weight excluding hydrogens is 266 g/mol. The number of aliphatic carboxylic acids is 1. The van der Waals surface area contributed by atoms with E-state index >= 15 is 0 Å². The third kappa shape index (κ3) is 12.3. The molecule has 4 heteroatoms. The predicted octanol–water partition coefficient (Wildman–Crippen LogP) is 1.65. The Balaban J connectivity index is 4.42. The minimum atomic E-state index is -1.37. The average Bonchev–Trinajstić information content (AvgIpc) is 2.29. The van der Waals surface area contributed by atoms with E-state index in [0.717, 1.165) is 6.42 Å². The van der Waals surface area contributed by atoms with Crippen LogP contribution in [0, 0.1) is 0 Å². The monoisotopic (exact) mass is 297 g/mol. The first kappa shape index (κ1) is 19.9. The number of hydrogen-bond acceptors (Lipinski definition) is 3. The van der Waals surface area contributed by atoms with Crippen LogP contribution < -0.4 is 5.11 Å². The zero-order chi connectivity index (χ0) is 16.4. The molecule has 0 saturated heterocycles. The first-order valence-corrected chi connectivity index (χ1v) is 7.75. The molecule has 0 saturated carbocycles. The molecule has 0 aliphatic rings. The zero-order valence-electron chi connectivity index (χ0n) is 14.0. The van der Waals surface area contributed by atoms with Crippen molar-refractivity contribution in [3.63, 3.8) is 0 Å². The van der Waals surface area contributed by atoms with Crippen LogP contribution in [0.4, 0.5) is 0 Å². The summed E-state index contributed by atoms with van der Waals surface area (Å²) in [6.07, 6.45) is 12.7. The van der Waals surface area contributed by atoms with Crippen molar-refractivity contribution >= 4 is 5.97 Å². The zero-order valence-corrected chi connectivity index (χ0v) is 14.0. The number of aliphatic hydroxyl groups is 1. The van der Waals surface area contributed by atoms with Crippen molar-refractivity contribution in [3.05, 3.63) is 24.3 Å². The maximum Gasteiger partial charge on any atom is 0.137 e. The lowest BCUT2D eigenvalue weighted by atomic mass is 9.97. The van der Waals surface area contributed by atoms with Gasteiger partial charge >= 0.3 is 0 Å². The van der Waals surface area contributed by atoms with E-state index in [-0.39, 0.29) is 6.42 Å². The van der Waals surface area contributed by atoms with Gasteiger partial charge < -0.3 is 19.5 Å². The molecule has 1 N–H and O–H groups in total. The fourth-order valence-corrected chi connectivity index (χ4v) is 2.34. The van der Waals surface area contributed by atoms with Gasteiger partial charge in [-0.1, -0.05) is 44.4 Å². The van der Waals surface area contributed by atoms with Crippen molar-refractivity contribution in [2.75, 3.05) is 27.7 Å². The number of rotatable bonds is 11. The summed E-state index contributed by atoms with van der Waals surface area (Å²) in [5.41, 5.74) is -1.37. The first-order chi connectivity index (χ1) is 9.68. The number of carbonyl (C=O) groups excluding carboxylic acids is 1. The van der Waals surface area contributed by atoms with Gasteiger partial charge in [-0.15, -0.1) is 0 Å². The molecule has 21 heavy (non-hydrogen) atoms. The molecule has 0 fully saturated rings. The maximum atomic E-state index is 10.8. The van der Waals surface area contributed by atoms with Gasteiger partial charge in [0.2, 0.25) is 0 Å². The van der Waals surface area contributed by atoms with E-state index in [0.29, 0.717) is 11.0 Å². The highest BCUT2D eigenvalue weighted by atomic mass is 16.4. The van der Waals surface area contributed by atoms with Gasteiger partial charge in [-0.25, -0.2) is 0 Å². The van der Waals surface area contributed by atoms with Crippen LogP contribution in [-0.4, -0.2) is 48.8 Å². The quantitative estimate of drug-likeness (QED) is 0.358. The smallest absolute Gasteiger partial charge is 0.137 e. The topological polar surface area (TPSA) is 60.4 Å². The molecule has 0 aliphatic heterocycles. The summed E-state index contributed by atoms with van der Waals surface area (Å²) in [7, 11) is 5.74. The predicted molar refractivity (Wildman–Crippen MR) is 84.5 cm³/mol. The van der Waals surface area contributed by atoms with Gasteiger partial charge in [-0.05, 0) is 18.9 Å². The number of hydrogen-bond donors (Lipinski definition) is 1. The summed E-state index contributed by atoms with van der Waals surface area (Å²) in [6.45, 7) is 2.51. The molecule has 0 spiro atoms. The van der Waals surface area contributed by atoms with Gasteiger partial charge in [-0.2, -0.15) is 0 Å². The van der Waals surface area contributed by atoms with E-state index < -0.39 is 11.6 Å². The summed E-state index contributed by atoms with van der Waals surface area (Å²) >= 11 is 0. The van der Waals surface area contributed by atoms with Crippen LogP contribution in [0.5, 0.6) is 0 Å². The molecule has 0 aromatic carbocycles. The third-order valence-corrected chi connectivity index (χ3v) is 3.08. The van der Waals surface area contributed by atoms with Crippen LogP contribution in [0.15, 0.2) is 24.3 Å². The molecule has 1 unspecified atom stereocenters. The van der Waals surface area contributed by atoms with Crippen LogP contribution in [0.2, 0.25) is 0 Å². The number of carboxylic acids is 1. The minimum Gasteiger partial charge on any atom is -0.550 e. The van der Waals surface area contributed by atoms with Gasteiger partial charge in [0, 0.05) is 12.4 Å². The average molecular weight is 297 g/mol. The number of quaternary nitrogens is 1. The molecule has 0 heterocycles. The standard InChI is InChI=1S/C17H31NO3/c1-5-6-7-8-9-10-11-12-13-17(21,14-16(19)20)15-18(2,3)4/h10-13,21H,5-9,14-15H2,1-4H3. The van der Waals surface area contributed by atoms with Crippen molar-refractivity contribution in [1.82, 2.24) is 0 Å². The summed E-state index contributed by atoms with van der Waals surface area (Å²) in [6, 6.07) is 0. The Morgan fingerprint density at radius 2 is 1.86 bits per heavy atom. The van der Waals surface area contributed by atoms with Gasteiger partial charge in [0.15, 0.2) is 0 Å². The van der Waals surface area contributed by atoms with E-state index in [1.165, 1.54) is 25.7 Å². The molecule has 0 aromatic rings. The van der Waals surface area contributed by atoms with Gasteiger partial charge in [0.25, 0.3) is 0 Å². The van der Waals surface area contributed by atoms with Crippen LogP contribution in [0.25, 0.3) is 0 Å². The Bertz CT molecular complexity index is 356. The maximum absolute atomic E-state index is 10.8. The first-order valence-electron chi connectivity index (χ1n) is 7.75. The second kappa shape index (κ2) is 9.74. The normalized spacial score (nSPS) is 15.7. The lowest BCUT2D eigenvalue weighted by molar-refractivity contribution is -0.876. The lowest BCUT2D eigenvalue weighted by Gasteiger charge is -2.34. The molecule has 122 valence electrons. The fraction of sp³-hybridized carbons (Fsp3) is 0.706. The highest BCUT2D eigenvalue weighted by Crippen LogP contribution is 2.16. The van der Waals surface area contributed by atoms with Crippen LogP contribution in [-0.2, 0) is 4.79 Å². The molecule has 1 atom stereocenters. The molecular formula is C17H31NO3. The minimum absolute atomic E-state index is 0.321. The van der Waals surface area contributed by atoms with Crippen LogP contribution in [0.1, 0.15) is 45.4 Å². The SMILES string of the molecule is CCCCCCC=CC=CC(O)(CC(=O)[O-])C[N+](C)(C)C. The highest BCUT2D eigenvalue weighted by Gasteiger charge is 2.30. The molecule has 0 aromatic heterocycles. The summed E-state index contributed by atoms with van der Waals surface area (Å²) in [4.78, 5) is 10.8. The fourth-order valence-electron chi connectivity index (χ4n) is 2.34. The molecule has 0 radical (unpaired) electrons. The van der Waals surface area contributed by atoms with E-state index in [4.69, 9.17) is 0 Å². The second-order valence-electron chi connectivity index (χ2n) is 6.74. The number of carboxylic acid groups (broad SMARTS) is 1. The lowest BCUT2D eigenvalue weighted by Crippen LogP contribution is -2.50.